The van der Waals surface area contributed by atoms with E-state index in [4.69, 9.17) is 5.73 Å². The smallest absolute Gasteiger partial charge is 0.240 e. The maximum Gasteiger partial charge on any atom is 0.240 e. The normalized spacial score (nSPS) is 11.0. The van der Waals surface area contributed by atoms with E-state index in [0.29, 0.717) is 6.54 Å². The molecular weight excluding hydrogens is 304 g/mol. The molecule has 0 unspecified atom stereocenters. The SMILES string of the molecule is CSCCCCCNS(=O)(=O)c1ccc(C#CCN)cc1. The van der Waals surface area contributed by atoms with Crippen LogP contribution in [0.1, 0.15) is 24.8 Å². The summed E-state index contributed by atoms with van der Waals surface area (Å²) in [7, 11) is -3.42. The number of benzene rings is 1. The number of hydrogen-bond acceptors (Lipinski definition) is 4. The Kier molecular flexibility index (Phi) is 8.47. The van der Waals surface area contributed by atoms with Crippen molar-refractivity contribution >= 4 is 21.8 Å². The molecule has 1 rings (SSSR count). The predicted octanol–water partition coefficient (Wildman–Crippen LogP) is 1.81. The number of hydrogen-bond donors (Lipinski definition) is 2. The van der Waals surface area contributed by atoms with Crippen LogP contribution in [0.5, 0.6) is 0 Å². The summed E-state index contributed by atoms with van der Waals surface area (Å²) in [5.74, 6) is 6.72. The van der Waals surface area contributed by atoms with Gasteiger partial charge in [-0.3, -0.25) is 0 Å². The van der Waals surface area contributed by atoms with Crippen molar-refractivity contribution in [2.45, 2.75) is 24.2 Å². The van der Waals surface area contributed by atoms with Gasteiger partial charge in [-0.15, -0.1) is 0 Å². The number of sulfonamides is 1. The fraction of sp³-hybridized carbons (Fsp3) is 0.467. The monoisotopic (exact) mass is 326 g/mol. The van der Waals surface area contributed by atoms with Gasteiger partial charge in [-0.2, -0.15) is 11.8 Å². The van der Waals surface area contributed by atoms with E-state index in [0.717, 1.165) is 30.6 Å². The highest BCUT2D eigenvalue weighted by Crippen LogP contribution is 2.10. The minimum absolute atomic E-state index is 0.268. The fourth-order valence-electron chi connectivity index (χ4n) is 1.71. The second kappa shape index (κ2) is 9.85. The number of rotatable bonds is 8. The van der Waals surface area contributed by atoms with Gasteiger partial charge in [0.25, 0.3) is 0 Å². The van der Waals surface area contributed by atoms with Crippen LogP contribution in [-0.4, -0.2) is 33.5 Å². The van der Waals surface area contributed by atoms with Crippen LogP contribution >= 0.6 is 11.8 Å². The Morgan fingerprint density at radius 1 is 1.19 bits per heavy atom. The lowest BCUT2D eigenvalue weighted by atomic mass is 10.2. The molecule has 1 aromatic carbocycles. The first-order valence-electron chi connectivity index (χ1n) is 6.88. The lowest BCUT2D eigenvalue weighted by Crippen LogP contribution is -2.24. The van der Waals surface area contributed by atoms with Crippen LogP contribution in [0.25, 0.3) is 0 Å². The Balaban J connectivity index is 2.50. The van der Waals surface area contributed by atoms with Gasteiger partial charge < -0.3 is 5.73 Å². The first-order valence-corrected chi connectivity index (χ1v) is 9.75. The highest BCUT2D eigenvalue weighted by Gasteiger charge is 2.12. The lowest BCUT2D eigenvalue weighted by Gasteiger charge is -2.06. The molecule has 21 heavy (non-hydrogen) atoms. The molecule has 0 aliphatic rings. The third kappa shape index (κ3) is 7.00. The van der Waals surface area contributed by atoms with Crippen molar-refractivity contribution in [3.8, 4) is 11.8 Å². The molecule has 0 aromatic heterocycles. The number of thioether (sulfide) groups is 1. The Labute approximate surface area is 131 Å². The summed E-state index contributed by atoms with van der Waals surface area (Å²) >= 11 is 1.81. The first kappa shape index (κ1) is 18.1. The van der Waals surface area contributed by atoms with E-state index in [-0.39, 0.29) is 11.4 Å². The summed E-state index contributed by atoms with van der Waals surface area (Å²) < 4.78 is 26.8. The number of nitrogens with two attached hydrogens (primary N) is 1. The van der Waals surface area contributed by atoms with Crippen LogP contribution in [0, 0.1) is 11.8 Å². The minimum atomic E-state index is -3.42. The van der Waals surface area contributed by atoms with Gasteiger partial charge in [-0.1, -0.05) is 18.3 Å². The molecule has 1 aromatic rings. The zero-order chi connectivity index (χ0) is 15.6. The second-order valence-corrected chi connectivity index (χ2v) is 7.23. The van der Waals surface area contributed by atoms with Gasteiger partial charge in [0.1, 0.15) is 0 Å². The maximum atomic E-state index is 12.1. The lowest BCUT2D eigenvalue weighted by molar-refractivity contribution is 0.576. The fourth-order valence-corrected chi connectivity index (χ4v) is 3.28. The Bertz CT molecular complexity index is 572. The topological polar surface area (TPSA) is 72.2 Å². The second-order valence-electron chi connectivity index (χ2n) is 4.48. The minimum Gasteiger partial charge on any atom is -0.320 e. The molecule has 0 saturated heterocycles. The molecule has 6 heteroatoms. The van der Waals surface area contributed by atoms with Crippen LogP contribution in [0.4, 0.5) is 0 Å². The van der Waals surface area contributed by atoms with E-state index in [9.17, 15) is 8.42 Å². The molecule has 0 fully saturated rings. The summed E-state index contributed by atoms with van der Waals surface area (Å²) in [6.45, 7) is 0.767. The van der Waals surface area contributed by atoms with Gasteiger partial charge >= 0.3 is 0 Å². The van der Waals surface area contributed by atoms with Crippen molar-refractivity contribution in [3.63, 3.8) is 0 Å². The molecule has 3 N–H and O–H groups in total. The zero-order valence-electron chi connectivity index (χ0n) is 12.3. The average Bonchev–Trinajstić information content (AvgIpc) is 2.49. The molecule has 0 amide bonds. The molecule has 0 atom stereocenters. The molecule has 0 spiro atoms. The summed E-state index contributed by atoms with van der Waals surface area (Å²) in [5, 5.41) is 0. The van der Waals surface area contributed by atoms with Crippen LogP contribution in [0.15, 0.2) is 29.2 Å². The molecule has 0 heterocycles. The molecule has 0 aliphatic heterocycles. The summed E-state index contributed by atoms with van der Waals surface area (Å²) in [4.78, 5) is 0.268. The Hall–Kier alpha value is -1.00. The van der Waals surface area contributed by atoms with Crippen molar-refractivity contribution in [1.29, 1.82) is 0 Å². The van der Waals surface area contributed by atoms with Gasteiger partial charge in [-0.05, 0) is 49.1 Å². The maximum absolute atomic E-state index is 12.1. The largest absolute Gasteiger partial charge is 0.320 e. The number of unbranched alkanes of at least 4 members (excludes halogenated alkanes) is 2. The van der Waals surface area contributed by atoms with Gasteiger partial charge in [0.2, 0.25) is 10.0 Å². The van der Waals surface area contributed by atoms with Crippen LogP contribution in [-0.2, 0) is 10.0 Å². The molecule has 0 aliphatic carbocycles. The van der Waals surface area contributed by atoms with Crippen LogP contribution in [0.2, 0.25) is 0 Å². The Morgan fingerprint density at radius 2 is 1.90 bits per heavy atom. The highest BCUT2D eigenvalue weighted by molar-refractivity contribution is 7.98. The van der Waals surface area contributed by atoms with E-state index in [1.54, 1.807) is 24.3 Å². The standard InChI is InChI=1S/C15H22N2O2S2/c1-20-13-4-2-3-12-17-21(18,19)15-9-7-14(8-10-15)6-5-11-16/h7-10,17H,2-4,11-13,16H2,1H3. The van der Waals surface area contributed by atoms with Gasteiger partial charge in [0, 0.05) is 12.1 Å². The summed E-state index contributed by atoms with van der Waals surface area (Å²) in [6, 6.07) is 6.51. The van der Waals surface area contributed by atoms with E-state index in [1.807, 2.05) is 11.8 Å². The number of nitrogens with one attached hydrogen (secondary N) is 1. The molecule has 0 saturated carbocycles. The first-order chi connectivity index (χ1) is 10.1. The van der Waals surface area contributed by atoms with Gasteiger partial charge in [0.15, 0.2) is 0 Å². The van der Waals surface area contributed by atoms with E-state index < -0.39 is 10.0 Å². The molecule has 116 valence electrons. The zero-order valence-corrected chi connectivity index (χ0v) is 13.9. The van der Waals surface area contributed by atoms with Crippen molar-refractivity contribution in [1.82, 2.24) is 4.72 Å². The van der Waals surface area contributed by atoms with Crippen LogP contribution in [0.3, 0.4) is 0 Å². The van der Waals surface area contributed by atoms with Crippen LogP contribution < -0.4 is 10.5 Å². The van der Waals surface area contributed by atoms with Crippen molar-refractivity contribution in [2.24, 2.45) is 5.73 Å². The molecule has 0 bridgehead atoms. The van der Waals surface area contributed by atoms with Crippen molar-refractivity contribution < 1.29 is 8.42 Å². The summed E-state index contributed by atoms with van der Waals surface area (Å²) in [5.41, 5.74) is 6.05. The van der Waals surface area contributed by atoms with E-state index >= 15 is 0 Å². The third-order valence-corrected chi connectivity index (χ3v) is 4.99. The molecule has 0 radical (unpaired) electrons. The van der Waals surface area contributed by atoms with Gasteiger partial charge in [0.05, 0.1) is 11.4 Å². The van der Waals surface area contributed by atoms with Crippen molar-refractivity contribution in [2.75, 3.05) is 25.1 Å². The molecule has 4 nitrogen and oxygen atoms in total. The average molecular weight is 326 g/mol. The quantitative estimate of drug-likeness (QED) is 0.564. The summed E-state index contributed by atoms with van der Waals surface area (Å²) in [6.07, 6.45) is 5.10. The third-order valence-electron chi connectivity index (χ3n) is 2.82. The Morgan fingerprint density at radius 3 is 2.52 bits per heavy atom. The van der Waals surface area contributed by atoms with E-state index in [2.05, 4.69) is 22.8 Å². The van der Waals surface area contributed by atoms with Gasteiger partial charge in [-0.25, -0.2) is 13.1 Å². The van der Waals surface area contributed by atoms with E-state index in [1.165, 1.54) is 0 Å². The highest BCUT2D eigenvalue weighted by atomic mass is 32.2. The van der Waals surface area contributed by atoms with Crippen molar-refractivity contribution in [3.05, 3.63) is 29.8 Å². The predicted molar refractivity (Wildman–Crippen MR) is 89.8 cm³/mol. The molecular formula is C15H22N2O2S2.